The molecule has 23 heavy (non-hydrogen) atoms. The highest BCUT2D eigenvalue weighted by molar-refractivity contribution is 9.10. The van der Waals surface area contributed by atoms with Crippen LogP contribution in [0.5, 0.6) is 0 Å². The van der Waals surface area contributed by atoms with Gasteiger partial charge in [-0.25, -0.2) is 0 Å². The molecule has 8 heteroatoms. The molecule has 0 fully saturated rings. The minimum Gasteiger partial charge on any atom is -0.356 e. The van der Waals surface area contributed by atoms with E-state index in [4.69, 9.17) is 4.52 Å². The van der Waals surface area contributed by atoms with Crippen LogP contribution >= 0.6 is 15.9 Å². The van der Waals surface area contributed by atoms with Crippen molar-refractivity contribution >= 4 is 21.9 Å². The SMILES string of the molecule is CN=C(NCCCc1nc(C)no1)N(C)Cc1cc(Br)cn1C. The zero-order valence-corrected chi connectivity index (χ0v) is 15.6. The average Bonchev–Trinajstić information content (AvgIpc) is 3.04. The van der Waals surface area contributed by atoms with Crippen LogP contribution in [-0.4, -0.2) is 46.2 Å². The molecule has 0 aliphatic heterocycles. The van der Waals surface area contributed by atoms with Crippen LogP contribution in [0.2, 0.25) is 0 Å². The number of hydrogen-bond acceptors (Lipinski definition) is 4. The van der Waals surface area contributed by atoms with Gasteiger partial charge in [-0.05, 0) is 35.3 Å². The lowest BCUT2D eigenvalue weighted by atomic mass is 10.3. The summed E-state index contributed by atoms with van der Waals surface area (Å²) in [5.41, 5.74) is 1.21. The molecule has 0 atom stereocenters. The van der Waals surface area contributed by atoms with Crippen molar-refractivity contribution in [1.29, 1.82) is 0 Å². The van der Waals surface area contributed by atoms with Gasteiger partial charge in [0.2, 0.25) is 5.89 Å². The van der Waals surface area contributed by atoms with E-state index in [2.05, 4.69) is 51.9 Å². The van der Waals surface area contributed by atoms with Crippen LogP contribution in [0.4, 0.5) is 0 Å². The molecule has 0 aromatic carbocycles. The molecule has 7 nitrogen and oxygen atoms in total. The number of nitrogens with one attached hydrogen (secondary N) is 1. The van der Waals surface area contributed by atoms with E-state index in [1.807, 2.05) is 27.2 Å². The lowest BCUT2D eigenvalue weighted by Crippen LogP contribution is -2.39. The second-order valence-corrected chi connectivity index (χ2v) is 6.35. The number of hydrogen-bond donors (Lipinski definition) is 1. The molecule has 1 N–H and O–H groups in total. The molecule has 2 aromatic rings. The fourth-order valence-corrected chi connectivity index (χ4v) is 2.88. The van der Waals surface area contributed by atoms with Crippen molar-refractivity contribution in [3.05, 3.63) is 34.1 Å². The Morgan fingerprint density at radius 2 is 2.30 bits per heavy atom. The van der Waals surface area contributed by atoms with Crippen molar-refractivity contribution in [2.45, 2.75) is 26.3 Å². The van der Waals surface area contributed by atoms with Gasteiger partial charge in [0.05, 0.1) is 6.54 Å². The van der Waals surface area contributed by atoms with E-state index in [0.29, 0.717) is 11.7 Å². The Morgan fingerprint density at radius 3 is 2.87 bits per heavy atom. The molecule has 2 rings (SSSR count). The Bertz CT molecular complexity index is 663. The minimum atomic E-state index is 0.678. The molecule has 0 saturated carbocycles. The third-order valence-electron chi connectivity index (χ3n) is 3.47. The zero-order valence-electron chi connectivity index (χ0n) is 14.0. The number of halogens is 1. The Labute approximate surface area is 144 Å². The Kier molecular flexibility index (Phi) is 6.20. The van der Waals surface area contributed by atoms with Crippen molar-refractivity contribution in [2.24, 2.45) is 12.0 Å². The van der Waals surface area contributed by atoms with Gasteiger partial charge in [-0.3, -0.25) is 4.99 Å². The number of guanidine groups is 1. The molecular formula is C15H23BrN6O. The number of nitrogens with zero attached hydrogens (tertiary/aromatic N) is 5. The highest BCUT2D eigenvalue weighted by Crippen LogP contribution is 2.14. The summed E-state index contributed by atoms with van der Waals surface area (Å²) in [6, 6.07) is 2.11. The first kappa shape index (κ1) is 17.5. The lowest BCUT2D eigenvalue weighted by molar-refractivity contribution is 0.371. The molecule has 0 radical (unpaired) electrons. The van der Waals surface area contributed by atoms with Crippen LogP contribution < -0.4 is 5.32 Å². The third-order valence-corrected chi connectivity index (χ3v) is 3.90. The largest absolute Gasteiger partial charge is 0.356 e. The van der Waals surface area contributed by atoms with Gasteiger partial charge in [0, 0.05) is 50.5 Å². The standard InChI is InChI=1S/C15H23BrN6O/c1-11-19-14(23-20-11)6-5-7-18-15(17-2)22(4)10-13-8-12(16)9-21(13)3/h8-9H,5-7,10H2,1-4H3,(H,17,18). The number of rotatable bonds is 6. The van der Waals surface area contributed by atoms with E-state index in [0.717, 1.165) is 36.4 Å². The highest BCUT2D eigenvalue weighted by atomic mass is 79.9. The van der Waals surface area contributed by atoms with Crippen LogP contribution in [0.15, 0.2) is 26.3 Å². The Balaban J connectivity index is 1.79. The van der Waals surface area contributed by atoms with Crippen molar-refractivity contribution in [3.8, 4) is 0 Å². The van der Waals surface area contributed by atoms with Gasteiger partial charge < -0.3 is 19.3 Å². The molecule has 2 aromatic heterocycles. The van der Waals surface area contributed by atoms with Crippen molar-refractivity contribution < 1.29 is 4.52 Å². The van der Waals surface area contributed by atoms with Crippen LogP contribution in [-0.2, 0) is 20.0 Å². The summed E-state index contributed by atoms with van der Waals surface area (Å²) >= 11 is 3.50. The summed E-state index contributed by atoms with van der Waals surface area (Å²) in [5, 5.41) is 7.15. The number of aliphatic imine (C=N–C) groups is 1. The molecule has 0 aliphatic carbocycles. The van der Waals surface area contributed by atoms with Gasteiger partial charge in [0.15, 0.2) is 11.8 Å². The van der Waals surface area contributed by atoms with Crippen molar-refractivity contribution in [2.75, 3.05) is 20.6 Å². The molecule has 0 saturated heterocycles. The fourth-order valence-electron chi connectivity index (χ4n) is 2.31. The Hall–Kier alpha value is -1.83. The van der Waals surface area contributed by atoms with Gasteiger partial charge in [-0.15, -0.1) is 0 Å². The predicted octanol–water partition coefficient (Wildman–Crippen LogP) is 2.12. The number of aryl methyl sites for hydroxylation is 3. The molecule has 0 amide bonds. The third kappa shape index (κ3) is 5.09. The molecule has 0 aliphatic rings. The predicted molar refractivity (Wildman–Crippen MR) is 93.3 cm³/mol. The summed E-state index contributed by atoms with van der Waals surface area (Å²) in [4.78, 5) is 10.6. The van der Waals surface area contributed by atoms with Crippen LogP contribution in [0.3, 0.4) is 0 Å². The summed E-state index contributed by atoms with van der Waals surface area (Å²) in [7, 11) is 5.86. The van der Waals surface area contributed by atoms with E-state index in [-0.39, 0.29) is 0 Å². The fraction of sp³-hybridized carbons (Fsp3) is 0.533. The van der Waals surface area contributed by atoms with Gasteiger partial charge in [0.25, 0.3) is 0 Å². The van der Waals surface area contributed by atoms with E-state index in [9.17, 15) is 0 Å². The summed E-state index contributed by atoms with van der Waals surface area (Å²) < 4.78 is 8.29. The van der Waals surface area contributed by atoms with Crippen LogP contribution in [0, 0.1) is 6.92 Å². The van der Waals surface area contributed by atoms with Gasteiger partial charge in [-0.1, -0.05) is 5.16 Å². The quantitative estimate of drug-likeness (QED) is 0.470. The van der Waals surface area contributed by atoms with Gasteiger partial charge >= 0.3 is 0 Å². The molecule has 0 bridgehead atoms. The van der Waals surface area contributed by atoms with E-state index < -0.39 is 0 Å². The first-order chi connectivity index (χ1) is 11.0. The van der Waals surface area contributed by atoms with Gasteiger partial charge in [0.1, 0.15) is 0 Å². The van der Waals surface area contributed by atoms with Gasteiger partial charge in [-0.2, -0.15) is 4.98 Å². The maximum Gasteiger partial charge on any atom is 0.226 e. The molecule has 0 unspecified atom stereocenters. The summed E-state index contributed by atoms with van der Waals surface area (Å²) in [6.45, 7) is 3.41. The molecule has 2 heterocycles. The molecular weight excluding hydrogens is 360 g/mol. The highest BCUT2D eigenvalue weighted by Gasteiger charge is 2.09. The van der Waals surface area contributed by atoms with Crippen LogP contribution in [0.25, 0.3) is 0 Å². The maximum absolute atomic E-state index is 5.10. The lowest BCUT2D eigenvalue weighted by Gasteiger charge is -2.22. The number of aromatic nitrogens is 3. The first-order valence-electron chi connectivity index (χ1n) is 7.51. The van der Waals surface area contributed by atoms with E-state index >= 15 is 0 Å². The van der Waals surface area contributed by atoms with Crippen LogP contribution in [0.1, 0.15) is 23.8 Å². The zero-order chi connectivity index (χ0) is 16.8. The molecule has 126 valence electrons. The van der Waals surface area contributed by atoms with Crippen molar-refractivity contribution in [3.63, 3.8) is 0 Å². The minimum absolute atomic E-state index is 0.678. The van der Waals surface area contributed by atoms with E-state index in [1.165, 1.54) is 5.69 Å². The topological polar surface area (TPSA) is 71.5 Å². The normalized spacial score (nSPS) is 11.8. The second kappa shape index (κ2) is 8.14. The maximum atomic E-state index is 5.10. The van der Waals surface area contributed by atoms with Crippen molar-refractivity contribution in [1.82, 2.24) is 24.9 Å². The monoisotopic (exact) mass is 382 g/mol. The molecule has 0 spiro atoms. The smallest absolute Gasteiger partial charge is 0.226 e. The summed E-state index contributed by atoms with van der Waals surface area (Å²) in [5.74, 6) is 2.22. The first-order valence-corrected chi connectivity index (χ1v) is 8.30. The Morgan fingerprint density at radius 1 is 1.52 bits per heavy atom. The summed E-state index contributed by atoms with van der Waals surface area (Å²) in [6.07, 6.45) is 3.72. The van der Waals surface area contributed by atoms with E-state index in [1.54, 1.807) is 7.05 Å². The average molecular weight is 383 g/mol. The second-order valence-electron chi connectivity index (χ2n) is 5.43.